The van der Waals surface area contributed by atoms with Gasteiger partial charge < -0.3 is 14.8 Å². The van der Waals surface area contributed by atoms with Crippen LogP contribution in [0.15, 0.2) is 109 Å². The molecule has 0 unspecified atom stereocenters. The zero-order valence-electron chi connectivity index (χ0n) is 37.0. The third-order valence-electron chi connectivity index (χ3n) is 8.99. The molecular weight excluding hydrogens is 759 g/mol. The van der Waals surface area contributed by atoms with E-state index < -0.39 is 23.8 Å². The van der Waals surface area contributed by atoms with E-state index in [9.17, 15) is 28.8 Å². The highest BCUT2D eigenvalue weighted by Crippen LogP contribution is 2.26. The Morgan fingerprint density at radius 1 is 0.867 bits per heavy atom. The Morgan fingerprint density at radius 3 is 1.92 bits per heavy atom. The number of carbonyl (C=O) groups excluding carboxylic acids is 6. The van der Waals surface area contributed by atoms with E-state index in [1.54, 1.807) is 42.4 Å². The van der Waals surface area contributed by atoms with Gasteiger partial charge in [-0.15, -0.1) is 6.58 Å². The number of ketones is 2. The topological polar surface area (TPSA) is 139 Å². The first-order chi connectivity index (χ1) is 28.7. The van der Waals surface area contributed by atoms with E-state index >= 15 is 0 Å². The SMILES string of the molecule is C=CC.CC(C)=CCC(C)C.CCNC(=O)[C@@H]1CCCN(C)N1C(=O)[C@H](CCC(=O)OCc1ccccc1)CC(=O)c1ccccc1C(C)=O.O=COCc1ccccc1. The summed E-state index contributed by atoms with van der Waals surface area (Å²) in [7, 11) is 1.74. The molecule has 0 spiro atoms. The number of Topliss-reactive ketones (excluding diaryl/α,β-unsaturated/α-hetero) is 2. The second-order valence-corrected chi connectivity index (χ2v) is 14.9. The fourth-order valence-electron chi connectivity index (χ4n) is 5.98. The third kappa shape index (κ3) is 20.8. The number of ether oxygens (including phenoxy) is 2. The number of hydrazine groups is 1. The van der Waals surface area contributed by atoms with Gasteiger partial charge in [0.05, 0.1) is 0 Å². The molecule has 2 atom stereocenters. The number of carbonyl (C=O) groups is 6. The Balaban J connectivity index is 0.000000697. The van der Waals surface area contributed by atoms with Gasteiger partial charge in [0, 0.05) is 50.0 Å². The Kier molecular flexibility index (Phi) is 26.5. The van der Waals surface area contributed by atoms with Gasteiger partial charge in [0.2, 0.25) is 11.8 Å². The summed E-state index contributed by atoms with van der Waals surface area (Å²) in [5, 5.41) is 5.93. The fourth-order valence-corrected chi connectivity index (χ4v) is 5.98. The number of hydrogen-bond acceptors (Lipinski definition) is 9. The van der Waals surface area contributed by atoms with Crippen LogP contribution in [0.3, 0.4) is 0 Å². The molecule has 1 fully saturated rings. The monoisotopic (exact) mass is 825 g/mol. The number of esters is 1. The van der Waals surface area contributed by atoms with Crippen molar-refractivity contribution in [2.45, 2.75) is 106 Å². The number of nitrogens with zero attached hydrogens (tertiary/aromatic N) is 2. The van der Waals surface area contributed by atoms with E-state index in [4.69, 9.17) is 4.74 Å². The van der Waals surface area contributed by atoms with Crippen LogP contribution in [-0.4, -0.2) is 72.0 Å². The van der Waals surface area contributed by atoms with Crippen molar-refractivity contribution in [1.29, 1.82) is 0 Å². The average Bonchev–Trinajstić information content (AvgIpc) is 3.24. The Labute approximate surface area is 358 Å². The van der Waals surface area contributed by atoms with Gasteiger partial charge in [0.25, 0.3) is 6.47 Å². The third-order valence-corrected chi connectivity index (χ3v) is 8.99. The van der Waals surface area contributed by atoms with Crippen LogP contribution in [0.5, 0.6) is 0 Å². The molecule has 11 nitrogen and oxygen atoms in total. The van der Waals surface area contributed by atoms with Gasteiger partial charge in [0.15, 0.2) is 11.6 Å². The number of hydrogen-bond donors (Lipinski definition) is 1. The number of nitrogens with one attached hydrogen (secondary N) is 1. The van der Waals surface area contributed by atoms with Crippen LogP contribution in [0.2, 0.25) is 0 Å². The summed E-state index contributed by atoms with van der Waals surface area (Å²) in [5.74, 6) is -1.85. The van der Waals surface area contributed by atoms with Crippen LogP contribution in [-0.2, 0) is 41.9 Å². The Bertz CT molecular complexity index is 1790. The lowest BCUT2D eigenvalue weighted by Gasteiger charge is -2.43. The second-order valence-electron chi connectivity index (χ2n) is 14.9. The molecule has 0 aliphatic carbocycles. The largest absolute Gasteiger partial charge is 0.463 e. The molecule has 1 heterocycles. The average molecular weight is 826 g/mol. The molecule has 11 heteroatoms. The van der Waals surface area contributed by atoms with E-state index in [1.165, 1.54) is 23.9 Å². The zero-order valence-corrected chi connectivity index (χ0v) is 37.0. The summed E-state index contributed by atoms with van der Waals surface area (Å²) in [5.41, 5.74) is 3.80. The maximum Gasteiger partial charge on any atom is 0.306 e. The first-order valence-electron chi connectivity index (χ1n) is 20.6. The number of allylic oxidation sites excluding steroid dienone is 3. The lowest BCUT2D eigenvalue weighted by molar-refractivity contribution is -0.168. The predicted molar refractivity (Wildman–Crippen MR) is 238 cm³/mol. The maximum atomic E-state index is 13.9. The van der Waals surface area contributed by atoms with Crippen molar-refractivity contribution in [3.05, 3.63) is 131 Å². The molecule has 0 radical (unpaired) electrons. The highest BCUT2D eigenvalue weighted by atomic mass is 16.5. The number of amides is 2. The summed E-state index contributed by atoms with van der Waals surface area (Å²) in [6.07, 6.45) is 6.27. The van der Waals surface area contributed by atoms with Crippen LogP contribution in [0.25, 0.3) is 0 Å². The minimum Gasteiger partial charge on any atom is -0.463 e. The molecule has 0 bridgehead atoms. The summed E-state index contributed by atoms with van der Waals surface area (Å²) >= 11 is 0. The molecule has 0 aromatic heterocycles. The summed E-state index contributed by atoms with van der Waals surface area (Å²) in [6.45, 7) is 19.1. The molecule has 326 valence electrons. The van der Waals surface area contributed by atoms with Crippen molar-refractivity contribution in [1.82, 2.24) is 15.3 Å². The van der Waals surface area contributed by atoms with Crippen LogP contribution in [0, 0.1) is 11.8 Å². The van der Waals surface area contributed by atoms with Crippen LogP contribution in [0.4, 0.5) is 0 Å². The lowest BCUT2D eigenvalue weighted by atomic mass is 9.90. The standard InChI is InChI=1S/C30H37N3O6.C8H8O2.C8H16.C3H6/c1-4-31-29(37)26-15-10-18-32(3)33(26)30(38)23(16-17-28(36)39-20-22-11-6-5-7-12-22)19-27(35)25-14-9-8-13-24(25)21(2)34;9-7-10-6-8-4-2-1-3-5-8;1-7(2)5-6-8(3)4;1-3-2/h5-9,11-14,23,26H,4,10,15-20H2,1-3H3,(H,31,37);1-5,7H,6H2;5,8H,6H2,1-4H3;3H,1H2,2H3/t23-,26+;;;/m1.../s1. The second kappa shape index (κ2) is 30.4. The predicted octanol–water partition coefficient (Wildman–Crippen LogP) is 9.13. The van der Waals surface area contributed by atoms with Crippen molar-refractivity contribution in [2.24, 2.45) is 11.8 Å². The molecule has 3 aromatic rings. The van der Waals surface area contributed by atoms with Gasteiger partial charge in [-0.1, -0.05) is 117 Å². The van der Waals surface area contributed by atoms with E-state index in [0.29, 0.717) is 32.6 Å². The summed E-state index contributed by atoms with van der Waals surface area (Å²) < 4.78 is 9.93. The minimum atomic E-state index is -0.890. The smallest absolute Gasteiger partial charge is 0.306 e. The van der Waals surface area contributed by atoms with Gasteiger partial charge in [-0.05, 0) is 77.3 Å². The van der Waals surface area contributed by atoms with Gasteiger partial charge in [0.1, 0.15) is 19.3 Å². The number of benzene rings is 3. The summed E-state index contributed by atoms with van der Waals surface area (Å²) in [4.78, 5) is 74.6. The molecule has 0 saturated carbocycles. The molecule has 2 amide bonds. The lowest BCUT2D eigenvalue weighted by Crippen LogP contribution is -2.60. The van der Waals surface area contributed by atoms with Crippen LogP contribution >= 0.6 is 0 Å². The van der Waals surface area contributed by atoms with Crippen molar-refractivity contribution in [2.75, 3.05) is 20.1 Å². The molecule has 4 rings (SSSR count). The normalized spacial score (nSPS) is 13.6. The molecule has 3 aromatic carbocycles. The van der Waals surface area contributed by atoms with E-state index in [2.05, 4.69) is 50.4 Å². The quantitative estimate of drug-likeness (QED) is 0.0611. The molecule has 1 aliphatic heterocycles. The van der Waals surface area contributed by atoms with E-state index in [0.717, 1.165) is 23.5 Å². The minimum absolute atomic E-state index is 0.0624. The molecule has 1 aliphatic rings. The van der Waals surface area contributed by atoms with Gasteiger partial charge in [-0.25, -0.2) is 5.01 Å². The van der Waals surface area contributed by atoms with Gasteiger partial charge in [-0.2, -0.15) is 0 Å². The van der Waals surface area contributed by atoms with E-state index in [1.807, 2.05) is 74.5 Å². The van der Waals surface area contributed by atoms with Crippen molar-refractivity contribution >= 4 is 35.8 Å². The first kappa shape index (κ1) is 52.3. The number of rotatable bonds is 17. The molecule has 1 N–H and O–H groups in total. The number of likely N-dealkylation sites (N-methyl/N-ethyl adjacent to an activating group) is 1. The van der Waals surface area contributed by atoms with Crippen LogP contribution < -0.4 is 5.32 Å². The van der Waals surface area contributed by atoms with E-state index in [-0.39, 0.29) is 54.5 Å². The van der Waals surface area contributed by atoms with Gasteiger partial charge >= 0.3 is 5.97 Å². The zero-order chi connectivity index (χ0) is 44.9. The Morgan fingerprint density at radius 2 is 1.42 bits per heavy atom. The summed E-state index contributed by atoms with van der Waals surface area (Å²) in [6, 6.07) is 24.6. The molecule has 1 saturated heterocycles. The van der Waals surface area contributed by atoms with Crippen LogP contribution in [0.1, 0.15) is 119 Å². The van der Waals surface area contributed by atoms with Crippen molar-refractivity contribution in [3.8, 4) is 0 Å². The highest BCUT2D eigenvalue weighted by Gasteiger charge is 2.39. The van der Waals surface area contributed by atoms with Crippen molar-refractivity contribution in [3.63, 3.8) is 0 Å². The Hall–Kier alpha value is -5.68. The fraction of sp³-hybridized carbons (Fsp3) is 0.429. The van der Waals surface area contributed by atoms with Gasteiger partial charge in [-0.3, -0.25) is 33.8 Å². The molecular formula is C49H67N3O8. The molecule has 60 heavy (non-hydrogen) atoms. The first-order valence-corrected chi connectivity index (χ1v) is 20.6. The van der Waals surface area contributed by atoms with Crippen molar-refractivity contribution < 1.29 is 38.2 Å². The maximum absolute atomic E-state index is 13.9. The highest BCUT2D eigenvalue weighted by molar-refractivity contribution is 6.09.